The molecule has 88 valence electrons. The number of aromatic nitrogens is 1. The van der Waals surface area contributed by atoms with E-state index >= 15 is 0 Å². The maximum Gasteiger partial charge on any atom is 0.135 e. The van der Waals surface area contributed by atoms with Crippen molar-refractivity contribution in [3.63, 3.8) is 0 Å². The number of nitrogens with two attached hydrogens (primary N) is 1. The number of nitrogen functional groups attached to an aromatic ring is 1. The van der Waals surface area contributed by atoms with Crippen LogP contribution in [0.2, 0.25) is 0 Å². The summed E-state index contributed by atoms with van der Waals surface area (Å²) in [4.78, 5) is 5.40. The minimum atomic E-state index is 0.119. The summed E-state index contributed by atoms with van der Waals surface area (Å²) in [6, 6.07) is 10.0. The lowest BCUT2D eigenvalue weighted by Gasteiger charge is -1.96. The molecule has 0 aliphatic carbocycles. The van der Waals surface area contributed by atoms with Crippen LogP contribution in [0.15, 0.2) is 30.3 Å². The summed E-state index contributed by atoms with van der Waals surface area (Å²) < 4.78 is 0. The van der Waals surface area contributed by atoms with Crippen molar-refractivity contribution in [3.8, 4) is 10.6 Å². The second-order valence-corrected chi connectivity index (χ2v) is 4.82. The van der Waals surface area contributed by atoms with Gasteiger partial charge >= 0.3 is 0 Å². The van der Waals surface area contributed by atoms with Gasteiger partial charge in [0.15, 0.2) is 0 Å². The molecule has 0 amide bonds. The smallest absolute Gasteiger partial charge is 0.135 e. The zero-order valence-corrected chi connectivity index (χ0v) is 10.6. The van der Waals surface area contributed by atoms with E-state index in [1.807, 2.05) is 30.3 Å². The molecular weight excluding hydrogens is 230 g/mol. The highest BCUT2D eigenvalue weighted by atomic mass is 32.1. The maximum atomic E-state index is 7.58. The lowest BCUT2D eigenvalue weighted by atomic mass is 10.2. The third-order valence-corrected chi connectivity index (χ3v) is 3.63. The van der Waals surface area contributed by atoms with Crippen molar-refractivity contribution in [3.05, 3.63) is 40.9 Å². The third-order valence-electron chi connectivity index (χ3n) is 2.45. The summed E-state index contributed by atoms with van der Waals surface area (Å²) in [5.74, 6) is 0.119. The molecule has 3 nitrogen and oxygen atoms in total. The summed E-state index contributed by atoms with van der Waals surface area (Å²) in [6.45, 7) is 2.10. The summed E-state index contributed by atoms with van der Waals surface area (Å²) in [5.41, 5.74) is 7.62. The van der Waals surface area contributed by atoms with Crippen LogP contribution in [-0.4, -0.2) is 10.8 Å². The molecule has 0 aliphatic heterocycles. The van der Waals surface area contributed by atoms with Crippen LogP contribution in [0.25, 0.3) is 10.6 Å². The SMILES string of the molecule is CCCc1nc(-c2ccccc2)sc1C(=N)N. The zero-order chi connectivity index (χ0) is 12.3. The Morgan fingerprint density at radius 3 is 2.65 bits per heavy atom. The van der Waals surface area contributed by atoms with Gasteiger partial charge in [-0.25, -0.2) is 4.98 Å². The van der Waals surface area contributed by atoms with E-state index in [1.54, 1.807) is 0 Å². The number of hydrogen-bond acceptors (Lipinski definition) is 3. The van der Waals surface area contributed by atoms with Crippen molar-refractivity contribution >= 4 is 17.2 Å². The first kappa shape index (κ1) is 11.8. The molecule has 2 aromatic rings. The molecular formula is C13H15N3S. The quantitative estimate of drug-likeness (QED) is 0.642. The van der Waals surface area contributed by atoms with E-state index in [-0.39, 0.29) is 5.84 Å². The van der Waals surface area contributed by atoms with Gasteiger partial charge in [-0.1, -0.05) is 43.7 Å². The first-order chi connectivity index (χ1) is 8.22. The third kappa shape index (κ3) is 2.53. The Morgan fingerprint density at radius 2 is 2.06 bits per heavy atom. The van der Waals surface area contributed by atoms with Crippen LogP contribution in [0.3, 0.4) is 0 Å². The lowest BCUT2D eigenvalue weighted by Crippen LogP contribution is -2.11. The summed E-state index contributed by atoms with van der Waals surface area (Å²) in [6.07, 6.45) is 1.89. The van der Waals surface area contributed by atoms with Gasteiger partial charge in [0.2, 0.25) is 0 Å². The first-order valence-electron chi connectivity index (χ1n) is 5.62. The first-order valence-corrected chi connectivity index (χ1v) is 6.43. The molecule has 0 spiro atoms. The highest BCUT2D eigenvalue weighted by Crippen LogP contribution is 2.28. The highest BCUT2D eigenvalue weighted by Gasteiger charge is 2.13. The fraction of sp³-hybridized carbons (Fsp3) is 0.231. The van der Waals surface area contributed by atoms with E-state index in [2.05, 4.69) is 11.9 Å². The van der Waals surface area contributed by atoms with Gasteiger partial charge in [0.25, 0.3) is 0 Å². The molecule has 1 heterocycles. The van der Waals surface area contributed by atoms with Gasteiger partial charge in [-0.3, -0.25) is 5.41 Å². The van der Waals surface area contributed by atoms with E-state index < -0.39 is 0 Å². The monoisotopic (exact) mass is 245 g/mol. The van der Waals surface area contributed by atoms with Gasteiger partial charge in [0.05, 0.1) is 10.6 Å². The molecule has 2 rings (SSSR count). The van der Waals surface area contributed by atoms with Crippen LogP contribution in [0, 0.1) is 5.41 Å². The molecule has 1 aromatic heterocycles. The van der Waals surface area contributed by atoms with Crippen molar-refractivity contribution in [1.29, 1.82) is 5.41 Å². The predicted octanol–water partition coefficient (Wildman–Crippen LogP) is 3.05. The Labute approximate surface area is 105 Å². The van der Waals surface area contributed by atoms with Gasteiger partial charge in [-0.2, -0.15) is 0 Å². The van der Waals surface area contributed by atoms with Gasteiger partial charge in [-0.05, 0) is 6.42 Å². The van der Waals surface area contributed by atoms with Crippen LogP contribution in [0.1, 0.15) is 23.9 Å². The molecule has 0 bridgehead atoms. The largest absolute Gasteiger partial charge is 0.383 e. The van der Waals surface area contributed by atoms with E-state index in [4.69, 9.17) is 11.1 Å². The van der Waals surface area contributed by atoms with Crippen molar-refractivity contribution < 1.29 is 0 Å². The molecule has 0 saturated carbocycles. The number of thiazole rings is 1. The molecule has 1 aromatic carbocycles. The maximum absolute atomic E-state index is 7.58. The van der Waals surface area contributed by atoms with E-state index in [1.165, 1.54) is 11.3 Å². The van der Waals surface area contributed by atoms with Crippen LogP contribution >= 0.6 is 11.3 Å². The van der Waals surface area contributed by atoms with Crippen LogP contribution in [0.5, 0.6) is 0 Å². The van der Waals surface area contributed by atoms with Crippen molar-refractivity contribution in [2.24, 2.45) is 5.73 Å². The standard InChI is InChI=1S/C13H15N3S/c1-2-6-10-11(12(14)15)17-13(16-10)9-7-4-3-5-8-9/h3-5,7-8H,2,6H2,1H3,(H3,14,15). The molecule has 0 atom stereocenters. The Bertz CT molecular complexity index is 517. The van der Waals surface area contributed by atoms with Gasteiger partial charge in [-0.15, -0.1) is 11.3 Å². The Hall–Kier alpha value is -1.68. The molecule has 17 heavy (non-hydrogen) atoms. The number of aryl methyl sites for hydroxylation is 1. The van der Waals surface area contributed by atoms with E-state index in [0.717, 1.165) is 34.0 Å². The van der Waals surface area contributed by atoms with Crippen LogP contribution in [-0.2, 0) is 6.42 Å². The van der Waals surface area contributed by atoms with Crippen molar-refractivity contribution in [1.82, 2.24) is 4.98 Å². The molecule has 4 heteroatoms. The zero-order valence-electron chi connectivity index (χ0n) is 9.73. The topological polar surface area (TPSA) is 62.8 Å². The minimum absolute atomic E-state index is 0.119. The van der Waals surface area contributed by atoms with Gasteiger partial charge < -0.3 is 5.73 Å². The number of amidine groups is 1. The Balaban J connectivity index is 2.44. The van der Waals surface area contributed by atoms with Crippen molar-refractivity contribution in [2.75, 3.05) is 0 Å². The highest BCUT2D eigenvalue weighted by molar-refractivity contribution is 7.17. The molecule has 0 radical (unpaired) electrons. The van der Waals surface area contributed by atoms with Crippen LogP contribution in [0.4, 0.5) is 0 Å². The second-order valence-electron chi connectivity index (χ2n) is 3.82. The average molecular weight is 245 g/mol. The normalized spacial score (nSPS) is 10.4. The average Bonchev–Trinajstić information content (AvgIpc) is 2.75. The van der Waals surface area contributed by atoms with E-state index in [0.29, 0.717) is 0 Å². The fourth-order valence-electron chi connectivity index (χ4n) is 1.67. The number of rotatable bonds is 4. The summed E-state index contributed by atoms with van der Waals surface area (Å²) >= 11 is 1.50. The van der Waals surface area contributed by atoms with E-state index in [9.17, 15) is 0 Å². The second kappa shape index (κ2) is 5.10. The summed E-state index contributed by atoms with van der Waals surface area (Å²) in [5, 5.41) is 8.52. The number of benzene rings is 1. The number of nitrogens with zero attached hydrogens (tertiary/aromatic N) is 1. The minimum Gasteiger partial charge on any atom is -0.383 e. The summed E-state index contributed by atoms with van der Waals surface area (Å²) in [7, 11) is 0. The molecule has 3 N–H and O–H groups in total. The van der Waals surface area contributed by atoms with Gasteiger partial charge in [0, 0.05) is 5.56 Å². The molecule has 0 aliphatic rings. The predicted molar refractivity (Wildman–Crippen MR) is 72.6 cm³/mol. The molecule has 0 saturated heterocycles. The molecule has 0 unspecified atom stereocenters. The van der Waals surface area contributed by atoms with Gasteiger partial charge in [0.1, 0.15) is 10.8 Å². The fourth-order valence-corrected chi connectivity index (χ4v) is 2.65. The van der Waals surface area contributed by atoms with Crippen LogP contribution < -0.4 is 5.73 Å². The van der Waals surface area contributed by atoms with Crippen molar-refractivity contribution in [2.45, 2.75) is 19.8 Å². The number of nitrogens with one attached hydrogen (secondary N) is 1. The Morgan fingerprint density at radius 1 is 1.35 bits per heavy atom. The lowest BCUT2D eigenvalue weighted by molar-refractivity contribution is 0.891. The molecule has 0 fully saturated rings. The Kier molecular flexibility index (Phi) is 3.54. The number of hydrogen-bond donors (Lipinski definition) is 2.